The van der Waals surface area contributed by atoms with Crippen LogP contribution in [-0.4, -0.2) is 19.1 Å². The van der Waals surface area contributed by atoms with E-state index in [9.17, 15) is 4.79 Å². The molecule has 0 radical (unpaired) electrons. The van der Waals surface area contributed by atoms with Crippen molar-refractivity contribution < 1.29 is 9.53 Å². The van der Waals surface area contributed by atoms with Gasteiger partial charge in [-0.05, 0) is 24.6 Å². The largest absolute Gasteiger partial charge is 0.399 e. The summed E-state index contributed by atoms with van der Waals surface area (Å²) in [5.41, 5.74) is 7.27. The number of rotatable bonds is 5. The van der Waals surface area contributed by atoms with E-state index in [1.54, 1.807) is 0 Å². The van der Waals surface area contributed by atoms with Crippen LogP contribution < -0.4 is 11.1 Å². The molecule has 1 aromatic rings. The van der Waals surface area contributed by atoms with Crippen molar-refractivity contribution in [3.05, 3.63) is 29.8 Å². The topological polar surface area (TPSA) is 64.3 Å². The van der Waals surface area contributed by atoms with Gasteiger partial charge in [-0.15, -0.1) is 0 Å². The first kappa shape index (κ1) is 11.5. The third-order valence-corrected chi connectivity index (χ3v) is 1.86. The molecule has 0 aliphatic rings. The van der Waals surface area contributed by atoms with Crippen molar-refractivity contribution in [2.45, 2.75) is 13.5 Å². The first-order valence-electron chi connectivity index (χ1n) is 4.91. The Morgan fingerprint density at radius 1 is 1.40 bits per heavy atom. The van der Waals surface area contributed by atoms with Crippen molar-refractivity contribution in [2.75, 3.05) is 18.9 Å². The summed E-state index contributed by atoms with van der Waals surface area (Å²) in [5, 5.41) is 2.66. The van der Waals surface area contributed by atoms with Crippen molar-refractivity contribution in [1.29, 1.82) is 0 Å². The Bertz CT molecular complexity index is 309. The van der Waals surface area contributed by atoms with Crippen molar-refractivity contribution in [3.8, 4) is 0 Å². The fraction of sp³-hybridized carbons (Fsp3) is 0.364. The first-order valence-corrected chi connectivity index (χ1v) is 4.91. The lowest BCUT2D eigenvalue weighted by Gasteiger charge is -2.04. The predicted molar refractivity (Wildman–Crippen MR) is 59.2 cm³/mol. The second kappa shape index (κ2) is 6.03. The normalized spacial score (nSPS) is 9.93. The lowest BCUT2D eigenvalue weighted by atomic mass is 10.2. The van der Waals surface area contributed by atoms with Gasteiger partial charge in [-0.1, -0.05) is 12.1 Å². The molecule has 1 rings (SSSR count). The van der Waals surface area contributed by atoms with Crippen LogP contribution in [-0.2, 0) is 16.1 Å². The molecule has 0 saturated carbocycles. The number of ether oxygens (including phenoxy) is 1. The summed E-state index contributed by atoms with van der Waals surface area (Å²) < 4.78 is 5.22. The van der Waals surface area contributed by atoms with Gasteiger partial charge in [0.15, 0.2) is 0 Å². The molecule has 1 amide bonds. The van der Waals surface area contributed by atoms with Gasteiger partial charge >= 0.3 is 0 Å². The van der Waals surface area contributed by atoms with Crippen molar-refractivity contribution in [2.24, 2.45) is 0 Å². The number of nitrogens with two attached hydrogens (primary N) is 1. The quantitative estimate of drug-likeness (QED) is 0.707. The molecule has 4 heteroatoms. The van der Waals surface area contributed by atoms with E-state index in [1.165, 1.54) is 0 Å². The van der Waals surface area contributed by atoms with Crippen LogP contribution in [0.5, 0.6) is 0 Å². The number of carbonyl (C=O) groups excluding carboxylic acids is 1. The number of hydrogen-bond donors (Lipinski definition) is 2. The van der Waals surface area contributed by atoms with E-state index in [1.807, 2.05) is 31.2 Å². The Kier molecular flexibility index (Phi) is 4.63. The molecular weight excluding hydrogens is 192 g/mol. The highest BCUT2D eigenvalue weighted by Crippen LogP contribution is 2.06. The number of amides is 1. The van der Waals surface area contributed by atoms with Gasteiger partial charge in [-0.25, -0.2) is 0 Å². The maximum Gasteiger partial charge on any atom is 0.246 e. The molecule has 1 aromatic carbocycles. The summed E-state index contributed by atoms with van der Waals surface area (Å²) >= 11 is 0. The minimum atomic E-state index is -0.0899. The Labute approximate surface area is 89.4 Å². The third-order valence-electron chi connectivity index (χ3n) is 1.86. The molecule has 0 aliphatic carbocycles. The van der Waals surface area contributed by atoms with Crippen LogP contribution in [0, 0.1) is 0 Å². The van der Waals surface area contributed by atoms with Gasteiger partial charge in [0.2, 0.25) is 5.91 Å². The standard InChI is InChI=1S/C11H16N2O2/c1-2-13-11(14)8-15-7-9-3-5-10(12)6-4-9/h3-6H,2,7-8,12H2,1H3,(H,13,14). The molecule has 4 nitrogen and oxygen atoms in total. The lowest BCUT2D eigenvalue weighted by molar-refractivity contribution is -0.125. The Hall–Kier alpha value is -1.55. The Balaban J connectivity index is 2.26. The zero-order valence-corrected chi connectivity index (χ0v) is 8.82. The van der Waals surface area contributed by atoms with Crippen LogP contribution in [0.1, 0.15) is 12.5 Å². The Morgan fingerprint density at radius 3 is 2.67 bits per heavy atom. The first-order chi connectivity index (χ1) is 7.22. The highest BCUT2D eigenvalue weighted by molar-refractivity contribution is 5.77. The van der Waals surface area contributed by atoms with Gasteiger partial charge in [0.05, 0.1) is 6.61 Å². The number of likely N-dealkylation sites (N-methyl/N-ethyl adjacent to an activating group) is 1. The maximum atomic E-state index is 11.0. The summed E-state index contributed by atoms with van der Waals surface area (Å²) in [6.45, 7) is 3.03. The van der Waals surface area contributed by atoms with Gasteiger partial charge in [0.1, 0.15) is 6.61 Å². The molecule has 0 unspecified atom stereocenters. The average molecular weight is 208 g/mol. The molecule has 0 bridgehead atoms. The summed E-state index contributed by atoms with van der Waals surface area (Å²) in [6, 6.07) is 7.38. The minimum absolute atomic E-state index is 0.0899. The van der Waals surface area contributed by atoms with Crippen molar-refractivity contribution >= 4 is 11.6 Å². The van der Waals surface area contributed by atoms with Crippen LogP contribution in [0.2, 0.25) is 0 Å². The molecule has 82 valence electrons. The van der Waals surface area contributed by atoms with Crippen molar-refractivity contribution in [3.63, 3.8) is 0 Å². The summed E-state index contributed by atoms with van der Waals surface area (Å²) in [6.07, 6.45) is 0. The highest BCUT2D eigenvalue weighted by atomic mass is 16.5. The zero-order chi connectivity index (χ0) is 11.1. The average Bonchev–Trinajstić information content (AvgIpc) is 2.21. The second-order valence-corrected chi connectivity index (χ2v) is 3.19. The van der Waals surface area contributed by atoms with E-state index in [-0.39, 0.29) is 12.5 Å². The number of benzene rings is 1. The molecular formula is C11H16N2O2. The number of nitrogens with one attached hydrogen (secondary N) is 1. The summed E-state index contributed by atoms with van der Waals surface area (Å²) in [5.74, 6) is -0.0899. The van der Waals surface area contributed by atoms with E-state index in [0.29, 0.717) is 13.2 Å². The van der Waals surface area contributed by atoms with Crippen LogP contribution in [0.25, 0.3) is 0 Å². The van der Waals surface area contributed by atoms with E-state index in [4.69, 9.17) is 10.5 Å². The van der Waals surface area contributed by atoms with E-state index in [0.717, 1.165) is 11.3 Å². The van der Waals surface area contributed by atoms with Crippen LogP contribution >= 0.6 is 0 Å². The smallest absolute Gasteiger partial charge is 0.246 e. The van der Waals surface area contributed by atoms with Crippen LogP contribution in [0.3, 0.4) is 0 Å². The monoisotopic (exact) mass is 208 g/mol. The second-order valence-electron chi connectivity index (χ2n) is 3.19. The van der Waals surface area contributed by atoms with Gasteiger partial charge in [0.25, 0.3) is 0 Å². The molecule has 3 N–H and O–H groups in total. The SMILES string of the molecule is CCNC(=O)COCc1ccc(N)cc1. The predicted octanol–water partition coefficient (Wildman–Crippen LogP) is 0.921. The van der Waals surface area contributed by atoms with Crippen LogP contribution in [0.15, 0.2) is 24.3 Å². The van der Waals surface area contributed by atoms with Gasteiger partial charge in [-0.2, -0.15) is 0 Å². The highest BCUT2D eigenvalue weighted by Gasteiger charge is 1.99. The molecule has 0 atom stereocenters. The number of anilines is 1. The summed E-state index contributed by atoms with van der Waals surface area (Å²) in [4.78, 5) is 11.0. The molecule has 0 fully saturated rings. The number of carbonyl (C=O) groups is 1. The summed E-state index contributed by atoms with van der Waals surface area (Å²) in [7, 11) is 0. The van der Waals surface area contributed by atoms with E-state index < -0.39 is 0 Å². The Morgan fingerprint density at radius 2 is 2.07 bits per heavy atom. The molecule has 0 aliphatic heterocycles. The zero-order valence-electron chi connectivity index (χ0n) is 8.82. The molecule has 0 saturated heterocycles. The van der Waals surface area contributed by atoms with E-state index in [2.05, 4.69) is 5.32 Å². The maximum absolute atomic E-state index is 11.0. The minimum Gasteiger partial charge on any atom is -0.399 e. The number of hydrogen-bond acceptors (Lipinski definition) is 3. The van der Waals surface area contributed by atoms with Crippen molar-refractivity contribution in [1.82, 2.24) is 5.32 Å². The fourth-order valence-electron chi connectivity index (χ4n) is 1.12. The molecule has 0 spiro atoms. The molecule has 15 heavy (non-hydrogen) atoms. The van der Waals surface area contributed by atoms with E-state index >= 15 is 0 Å². The molecule has 0 aromatic heterocycles. The van der Waals surface area contributed by atoms with Gasteiger partial charge in [-0.3, -0.25) is 4.79 Å². The van der Waals surface area contributed by atoms with Crippen LogP contribution in [0.4, 0.5) is 5.69 Å². The van der Waals surface area contributed by atoms with Gasteiger partial charge in [0, 0.05) is 12.2 Å². The number of nitrogen functional groups attached to an aromatic ring is 1. The van der Waals surface area contributed by atoms with Gasteiger partial charge < -0.3 is 15.8 Å². The molecule has 0 heterocycles. The fourth-order valence-corrected chi connectivity index (χ4v) is 1.12. The third kappa shape index (κ3) is 4.46. The lowest BCUT2D eigenvalue weighted by Crippen LogP contribution is -2.26.